The number of hydrogen-bond acceptors (Lipinski definition) is 1. The van der Waals surface area contributed by atoms with E-state index in [1.54, 1.807) is 0 Å². The van der Waals surface area contributed by atoms with Gasteiger partial charge in [0.05, 0.1) is 0 Å². The van der Waals surface area contributed by atoms with E-state index in [0.29, 0.717) is 0 Å². The lowest BCUT2D eigenvalue weighted by Crippen LogP contribution is -2.71. The van der Waals surface area contributed by atoms with Gasteiger partial charge >= 0.3 is 53.9 Å². The van der Waals surface area contributed by atoms with E-state index in [4.69, 9.17) is 0 Å². The Labute approximate surface area is 144 Å². The van der Waals surface area contributed by atoms with Crippen LogP contribution >= 0.6 is 0 Å². The smallest absolute Gasteiger partial charge is 0.221 e. The molecule has 0 amide bonds. The second-order valence-electron chi connectivity index (χ2n) is 5.34. The number of halogens is 19. The van der Waals surface area contributed by atoms with Gasteiger partial charge in [0.15, 0.2) is 0 Å². The van der Waals surface area contributed by atoms with E-state index in [0.717, 1.165) is 0 Å². The minimum Gasteiger partial charge on any atom is -0.221 e. The lowest BCUT2D eigenvalue weighted by Gasteiger charge is -2.39. The van der Waals surface area contributed by atoms with Gasteiger partial charge in [0.2, 0.25) is 0 Å². The van der Waals surface area contributed by atoms with Gasteiger partial charge in [-0.05, 0) is 0 Å². The van der Waals surface area contributed by atoms with Crippen molar-refractivity contribution < 1.29 is 83.4 Å². The first kappa shape index (κ1) is 25.7. The Hall–Kier alpha value is -1.37. The van der Waals surface area contributed by atoms with Gasteiger partial charge < -0.3 is 0 Å². The standard InChI is InChI=1S/C9F19N/c10-1(4(14,15)16)2(11,5(17,18)19)8(25,26)29(7(1,23)24)9(27,28)3(12,13)6(20,21)22/t1-,2+. The van der Waals surface area contributed by atoms with E-state index < -0.39 is 58.8 Å². The fourth-order valence-electron chi connectivity index (χ4n) is 2.29. The predicted molar refractivity (Wildman–Crippen MR) is 47.5 cm³/mol. The van der Waals surface area contributed by atoms with Crippen LogP contribution in [0.3, 0.4) is 0 Å². The molecular weight excluding hydrogens is 483 g/mol. The molecule has 174 valence electrons. The second kappa shape index (κ2) is 5.65. The van der Waals surface area contributed by atoms with Crippen LogP contribution in [0.2, 0.25) is 0 Å². The monoisotopic (exact) mass is 483 g/mol. The Morgan fingerprint density at radius 3 is 0.862 bits per heavy atom. The Morgan fingerprint density at radius 2 is 0.690 bits per heavy atom. The van der Waals surface area contributed by atoms with Crippen molar-refractivity contribution in [3.8, 4) is 0 Å². The molecule has 0 spiro atoms. The summed E-state index contributed by atoms with van der Waals surface area (Å²) in [6, 6.07) is -25.1. The van der Waals surface area contributed by atoms with Crippen LogP contribution in [0.4, 0.5) is 83.4 Å². The molecule has 0 aliphatic carbocycles. The average molecular weight is 483 g/mol. The summed E-state index contributed by atoms with van der Waals surface area (Å²) in [7, 11) is 0. The summed E-state index contributed by atoms with van der Waals surface area (Å²) in [6.45, 7) is 0. The highest BCUT2D eigenvalue weighted by Crippen LogP contribution is 2.73. The summed E-state index contributed by atoms with van der Waals surface area (Å²) in [5.41, 5.74) is -16.9. The summed E-state index contributed by atoms with van der Waals surface area (Å²) in [5, 5.41) is 0. The van der Waals surface area contributed by atoms with Gasteiger partial charge in [-0.25, -0.2) is 8.78 Å². The molecule has 0 saturated carbocycles. The third-order valence-electron chi connectivity index (χ3n) is 3.66. The third-order valence-corrected chi connectivity index (χ3v) is 3.66. The van der Waals surface area contributed by atoms with Crippen molar-refractivity contribution >= 4 is 0 Å². The Bertz CT molecular complexity index is 614. The van der Waals surface area contributed by atoms with Crippen molar-refractivity contribution in [1.82, 2.24) is 4.90 Å². The van der Waals surface area contributed by atoms with Crippen molar-refractivity contribution in [2.45, 2.75) is 53.9 Å². The molecule has 2 atom stereocenters. The van der Waals surface area contributed by atoms with E-state index >= 15 is 0 Å². The molecule has 0 N–H and O–H groups in total. The van der Waals surface area contributed by atoms with Gasteiger partial charge in [0.25, 0.3) is 0 Å². The Kier molecular flexibility index (Phi) is 5.00. The number of nitrogens with zero attached hydrogens (tertiary/aromatic N) is 1. The molecule has 1 nitrogen and oxygen atoms in total. The van der Waals surface area contributed by atoms with E-state index in [2.05, 4.69) is 0 Å². The van der Waals surface area contributed by atoms with Crippen LogP contribution in [0.25, 0.3) is 0 Å². The van der Waals surface area contributed by atoms with Crippen LogP contribution in [0.5, 0.6) is 0 Å². The summed E-state index contributed by atoms with van der Waals surface area (Å²) >= 11 is 0. The highest BCUT2D eigenvalue weighted by Gasteiger charge is 3.06. The van der Waals surface area contributed by atoms with E-state index in [1.807, 2.05) is 0 Å². The van der Waals surface area contributed by atoms with Crippen molar-refractivity contribution in [1.29, 1.82) is 0 Å². The molecule has 0 radical (unpaired) electrons. The predicted octanol–water partition coefficient (Wildman–Crippen LogP) is 5.82. The summed E-state index contributed by atoms with van der Waals surface area (Å²) in [4.78, 5) is -4.71. The van der Waals surface area contributed by atoms with Crippen molar-refractivity contribution in [2.75, 3.05) is 0 Å². The zero-order chi connectivity index (χ0) is 24.1. The topological polar surface area (TPSA) is 3.24 Å². The molecular formula is C9F19N. The average Bonchev–Trinajstić information content (AvgIpc) is 2.49. The molecule has 1 rings (SSSR count). The zero-order valence-corrected chi connectivity index (χ0v) is 12.1. The van der Waals surface area contributed by atoms with Gasteiger partial charge in [-0.1, -0.05) is 0 Å². The van der Waals surface area contributed by atoms with E-state index in [9.17, 15) is 83.4 Å². The number of hydrogen-bond donors (Lipinski definition) is 0. The van der Waals surface area contributed by atoms with Gasteiger partial charge in [0, 0.05) is 0 Å². The number of rotatable bonds is 2. The molecule has 0 aromatic carbocycles. The molecule has 0 aromatic heterocycles. The molecule has 1 saturated heterocycles. The molecule has 1 fully saturated rings. The number of alkyl halides is 19. The molecule has 0 aromatic rings. The van der Waals surface area contributed by atoms with Gasteiger partial charge in [-0.3, -0.25) is 0 Å². The van der Waals surface area contributed by atoms with Crippen LogP contribution in [0.15, 0.2) is 0 Å². The first-order valence-electron chi connectivity index (χ1n) is 6.01. The normalized spacial score (nSPS) is 32.0. The fourth-order valence-corrected chi connectivity index (χ4v) is 2.29. The minimum atomic E-state index is -8.46. The van der Waals surface area contributed by atoms with Crippen molar-refractivity contribution in [2.24, 2.45) is 0 Å². The lowest BCUT2D eigenvalue weighted by molar-refractivity contribution is -0.451. The SMILES string of the molecule is FC(F)(F)C(F)(F)C(F)(F)N1C(F)(F)[C@](F)(C(F)(F)F)[C@](F)(C(F)(F)F)C1(F)F. The van der Waals surface area contributed by atoms with Crippen molar-refractivity contribution in [3.05, 3.63) is 0 Å². The molecule has 20 heteroatoms. The van der Waals surface area contributed by atoms with Gasteiger partial charge in [0.1, 0.15) is 0 Å². The third kappa shape index (κ3) is 2.55. The summed E-state index contributed by atoms with van der Waals surface area (Å²) in [6.07, 6.45) is -24.2. The number of likely N-dealkylation sites (tertiary alicyclic amines) is 1. The second-order valence-corrected chi connectivity index (χ2v) is 5.34. The summed E-state index contributed by atoms with van der Waals surface area (Å²) in [5.74, 6) is -8.24. The van der Waals surface area contributed by atoms with E-state index in [1.165, 1.54) is 0 Å². The van der Waals surface area contributed by atoms with Crippen LogP contribution in [-0.2, 0) is 0 Å². The molecule has 0 bridgehead atoms. The van der Waals surface area contributed by atoms with Crippen LogP contribution < -0.4 is 0 Å². The van der Waals surface area contributed by atoms with Crippen LogP contribution in [0.1, 0.15) is 0 Å². The Morgan fingerprint density at radius 1 is 0.448 bits per heavy atom. The van der Waals surface area contributed by atoms with Gasteiger partial charge in [-0.2, -0.15) is 74.6 Å². The van der Waals surface area contributed by atoms with Crippen LogP contribution in [0, 0.1) is 0 Å². The first-order chi connectivity index (χ1) is 12.1. The molecule has 1 heterocycles. The largest absolute Gasteiger partial charge is 0.461 e. The highest BCUT2D eigenvalue weighted by atomic mass is 19.4. The molecule has 29 heavy (non-hydrogen) atoms. The quantitative estimate of drug-likeness (QED) is 0.354. The highest BCUT2D eigenvalue weighted by molar-refractivity contribution is 5.28. The lowest BCUT2D eigenvalue weighted by atomic mass is 9.85. The summed E-state index contributed by atoms with van der Waals surface area (Å²) < 4.78 is 244. The maximum Gasteiger partial charge on any atom is 0.461 e. The minimum absolute atomic E-state index is 4.71. The molecule has 1 aliphatic rings. The first-order valence-corrected chi connectivity index (χ1v) is 6.01. The van der Waals surface area contributed by atoms with Crippen molar-refractivity contribution in [3.63, 3.8) is 0 Å². The van der Waals surface area contributed by atoms with E-state index in [-0.39, 0.29) is 0 Å². The maximum absolute atomic E-state index is 13.8. The van der Waals surface area contributed by atoms with Crippen LogP contribution in [-0.4, -0.2) is 58.8 Å². The molecule has 1 aliphatic heterocycles. The van der Waals surface area contributed by atoms with Gasteiger partial charge in [-0.15, -0.1) is 4.90 Å². The maximum atomic E-state index is 13.8. The Balaban J connectivity index is 4.14. The molecule has 0 unspecified atom stereocenters. The zero-order valence-electron chi connectivity index (χ0n) is 12.1. The fraction of sp³-hybridized carbons (Fsp3) is 1.00.